The van der Waals surface area contributed by atoms with E-state index in [4.69, 9.17) is 5.11 Å². The molecule has 1 aromatic rings. The maximum absolute atomic E-state index is 12.8. The van der Waals surface area contributed by atoms with E-state index in [1.165, 1.54) is 0 Å². The maximum Gasteiger partial charge on any atom is 0.433 e. The average molecular weight is 306 g/mol. The van der Waals surface area contributed by atoms with E-state index in [0.717, 1.165) is 12.5 Å². The van der Waals surface area contributed by atoms with E-state index in [1.807, 2.05) is 6.92 Å². The second kappa shape index (κ2) is 7.44. The van der Waals surface area contributed by atoms with Crippen molar-refractivity contribution < 1.29 is 18.3 Å². The number of halogens is 3. The molecule has 0 aliphatic rings. The number of aliphatic hydroxyl groups excluding tert-OH is 1. The molecule has 0 aliphatic carbocycles. The van der Waals surface area contributed by atoms with Gasteiger partial charge in [-0.1, -0.05) is 13.8 Å². The predicted octanol–water partition coefficient (Wildman–Crippen LogP) is 2.75. The molecule has 3 N–H and O–H groups in total. The molecule has 0 fully saturated rings. The van der Waals surface area contributed by atoms with Gasteiger partial charge in [-0.3, -0.25) is 0 Å². The Bertz CT molecular complexity index is 454. The molecule has 8 heteroatoms. The molecule has 0 saturated heterocycles. The first-order valence-electron chi connectivity index (χ1n) is 6.85. The molecular weight excluding hydrogens is 285 g/mol. The van der Waals surface area contributed by atoms with Crippen molar-refractivity contribution in [2.24, 2.45) is 5.92 Å². The lowest BCUT2D eigenvalue weighted by Gasteiger charge is -2.21. The Labute approximate surface area is 122 Å². The van der Waals surface area contributed by atoms with Crippen molar-refractivity contribution in [3.63, 3.8) is 0 Å². The summed E-state index contributed by atoms with van der Waals surface area (Å²) < 4.78 is 38.5. The fourth-order valence-electron chi connectivity index (χ4n) is 1.52. The lowest BCUT2D eigenvalue weighted by molar-refractivity contribution is -0.141. The van der Waals surface area contributed by atoms with E-state index in [2.05, 4.69) is 20.6 Å². The minimum absolute atomic E-state index is 0.0574. The van der Waals surface area contributed by atoms with Crippen LogP contribution in [-0.4, -0.2) is 34.3 Å². The van der Waals surface area contributed by atoms with Crippen LogP contribution in [0.25, 0.3) is 0 Å². The zero-order chi connectivity index (χ0) is 16.0. The van der Waals surface area contributed by atoms with Gasteiger partial charge in [0.1, 0.15) is 5.82 Å². The van der Waals surface area contributed by atoms with E-state index in [-0.39, 0.29) is 30.3 Å². The van der Waals surface area contributed by atoms with Gasteiger partial charge >= 0.3 is 6.18 Å². The number of hydrogen-bond acceptors (Lipinski definition) is 5. The molecule has 0 spiro atoms. The van der Waals surface area contributed by atoms with Crippen LogP contribution in [0.2, 0.25) is 0 Å². The van der Waals surface area contributed by atoms with Gasteiger partial charge in [-0.25, -0.2) is 4.98 Å². The first-order valence-corrected chi connectivity index (χ1v) is 6.85. The second-order valence-electron chi connectivity index (χ2n) is 4.98. The van der Waals surface area contributed by atoms with E-state index < -0.39 is 11.9 Å². The first-order chi connectivity index (χ1) is 9.77. The highest BCUT2D eigenvalue weighted by Gasteiger charge is 2.34. The molecule has 21 heavy (non-hydrogen) atoms. The molecule has 1 heterocycles. The lowest BCUT2D eigenvalue weighted by atomic mass is 10.1. The van der Waals surface area contributed by atoms with Crippen molar-refractivity contribution in [1.82, 2.24) is 9.97 Å². The second-order valence-corrected chi connectivity index (χ2v) is 4.98. The van der Waals surface area contributed by atoms with Gasteiger partial charge in [0.15, 0.2) is 5.69 Å². The summed E-state index contributed by atoms with van der Waals surface area (Å²) in [6.07, 6.45) is -3.78. The highest BCUT2D eigenvalue weighted by molar-refractivity contribution is 5.43. The maximum atomic E-state index is 12.8. The third-order valence-electron chi connectivity index (χ3n) is 3.07. The molecule has 5 nitrogen and oxygen atoms in total. The number of aliphatic hydroxyl groups is 1. The number of alkyl halides is 3. The van der Waals surface area contributed by atoms with Gasteiger partial charge in [0, 0.05) is 25.3 Å². The minimum atomic E-state index is -4.53. The Morgan fingerprint density at radius 2 is 1.95 bits per heavy atom. The molecule has 0 radical (unpaired) electrons. The highest BCUT2D eigenvalue weighted by atomic mass is 19.4. The molecule has 0 aromatic carbocycles. The average Bonchev–Trinajstić information content (AvgIpc) is 2.42. The Kier molecular flexibility index (Phi) is 6.19. The summed E-state index contributed by atoms with van der Waals surface area (Å²) in [4.78, 5) is 7.50. The van der Waals surface area contributed by atoms with Gasteiger partial charge in [0.25, 0.3) is 0 Å². The van der Waals surface area contributed by atoms with Crippen molar-refractivity contribution in [2.45, 2.75) is 39.4 Å². The molecule has 0 aliphatic heterocycles. The number of nitrogens with zero attached hydrogens (tertiary/aromatic N) is 2. The van der Waals surface area contributed by atoms with Crippen molar-refractivity contribution in [3.05, 3.63) is 11.8 Å². The summed E-state index contributed by atoms with van der Waals surface area (Å²) in [5.41, 5.74) is -0.998. The predicted molar refractivity (Wildman–Crippen MR) is 75.1 cm³/mol. The smallest absolute Gasteiger partial charge is 0.396 e. The molecule has 1 aromatic heterocycles. The van der Waals surface area contributed by atoms with Crippen LogP contribution in [0.15, 0.2) is 6.07 Å². The summed E-state index contributed by atoms with van der Waals surface area (Å²) >= 11 is 0. The molecule has 0 bridgehead atoms. The van der Waals surface area contributed by atoms with Crippen LogP contribution < -0.4 is 10.6 Å². The fourth-order valence-corrected chi connectivity index (χ4v) is 1.52. The van der Waals surface area contributed by atoms with E-state index in [1.54, 1.807) is 13.8 Å². The SMILES string of the molecule is CCCNc1nc(NC(C)C(C)CO)cc(C(F)(F)F)n1. The topological polar surface area (TPSA) is 70.1 Å². The monoisotopic (exact) mass is 306 g/mol. The summed E-state index contributed by atoms with van der Waals surface area (Å²) in [7, 11) is 0. The fraction of sp³-hybridized carbons (Fsp3) is 0.692. The van der Waals surface area contributed by atoms with Crippen molar-refractivity contribution in [3.8, 4) is 0 Å². The Hall–Kier alpha value is -1.57. The van der Waals surface area contributed by atoms with Crippen LogP contribution in [0.5, 0.6) is 0 Å². The summed E-state index contributed by atoms with van der Waals surface area (Å²) in [5, 5.41) is 14.7. The summed E-state index contributed by atoms with van der Waals surface area (Å²) in [5.74, 6) is -0.0805. The van der Waals surface area contributed by atoms with Crippen LogP contribution >= 0.6 is 0 Å². The number of rotatable bonds is 7. The largest absolute Gasteiger partial charge is 0.433 e. The molecule has 120 valence electrons. The van der Waals surface area contributed by atoms with Crippen LogP contribution in [0.4, 0.5) is 24.9 Å². The molecular formula is C13H21F3N4O. The number of anilines is 2. The van der Waals surface area contributed by atoms with E-state index in [0.29, 0.717) is 6.54 Å². The van der Waals surface area contributed by atoms with Gasteiger partial charge in [-0.15, -0.1) is 0 Å². The van der Waals surface area contributed by atoms with Crippen molar-refractivity contribution >= 4 is 11.8 Å². The highest BCUT2D eigenvalue weighted by Crippen LogP contribution is 2.30. The Morgan fingerprint density at radius 3 is 2.48 bits per heavy atom. The van der Waals surface area contributed by atoms with Gasteiger partial charge < -0.3 is 15.7 Å². The van der Waals surface area contributed by atoms with Crippen molar-refractivity contribution in [1.29, 1.82) is 0 Å². The Balaban J connectivity index is 3.01. The van der Waals surface area contributed by atoms with Crippen LogP contribution in [-0.2, 0) is 6.18 Å². The molecule has 2 atom stereocenters. The minimum Gasteiger partial charge on any atom is -0.396 e. The molecule has 0 saturated carbocycles. The molecule has 0 amide bonds. The molecule has 2 unspecified atom stereocenters. The quantitative estimate of drug-likeness (QED) is 0.722. The summed E-state index contributed by atoms with van der Waals surface area (Å²) in [6, 6.07) is 0.655. The molecule has 1 rings (SSSR count). The number of nitrogens with one attached hydrogen (secondary N) is 2. The van der Waals surface area contributed by atoms with Gasteiger partial charge in [0.2, 0.25) is 5.95 Å². The lowest BCUT2D eigenvalue weighted by Crippen LogP contribution is -2.27. The van der Waals surface area contributed by atoms with Gasteiger partial charge in [-0.05, 0) is 19.3 Å². The summed E-state index contributed by atoms with van der Waals surface area (Å²) in [6.45, 7) is 5.88. The first kappa shape index (κ1) is 17.5. The van der Waals surface area contributed by atoms with Crippen LogP contribution in [0.1, 0.15) is 32.9 Å². The third kappa shape index (κ3) is 5.37. The number of aromatic nitrogens is 2. The third-order valence-corrected chi connectivity index (χ3v) is 3.07. The number of hydrogen-bond donors (Lipinski definition) is 3. The van der Waals surface area contributed by atoms with Crippen LogP contribution in [0, 0.1) is 5.92 Å². The zero-order valence-electron chi connectivity index (χ0n) is 12.3. The Morgan fingerprint density at radius 1 is 1.29 bits per heavy atom. The standard InChI is InChI=1S/C13H21F3N4O/c1-4-5-17-12-19-10(13(14,15)16)6-11(20-12)18-9(3)8(2)7-21/h6,8-9,21H,4-5,7H2,1-3H3,(H2,17,18,19,20). The van der Waals surface area contributed by atoms with E-state index >= 15 is 0 Å². The van der Waals surface area contributed by atoms with Gasteiger partial charge in [0.05, 0.1) is 0 Å². The van der Waals surface area contributed by atoms with Crippen molar-refractivity contribution in [2.75, 3.05) is 23.8 Å². The van der Waals surface area contributed by atoms with Gasteiger partial charge in [-0.2, -0.15) is 18.2 Å². The van der Waals surface area contributed by atoms with E-state index in [9.17, 15) is 13.2 Å². The van der Waals surface area contributed by atoms with Crippen LogP contribution in [0.3, 0.4) is 0 Å². The zero-order valence-corrected chi connectivity index (χ0v) is 12.3. The normalized spacial score (nSPS) is 14.6.